The van der Waals surface area contributed by atoms with E-state index in [1.807, 2.05) is 37.3 Å². The fourth-order valence-electron chi connectivity index (χ4n) is 3.05. The lowest BCUT2D eigenvalue weighted by Crippen LogP contribution is -2.06. The molecule has 25 heavy (non-hydrogen) atoms. The Kier molecular flexibility index (Phi) is 5.03. The van der Waals surface area contributed by atoms with Crippen LogP contribution in [0.1, 0.15) is 34.0 Å². The zero-order valence-electron chi connectivity index (χ0n) is 14.8. The van der Waals surface area contributed by atoms with Gasteiger partial charge in [-0.2, -0.15) is 0 Å². The van der Waals surface area contributed by atoms with Crippen molar-refractivity contribution in [1.29, 1.82) is 0 Å². The third-order valence-electron chi connectivity index (χ3n) is 4.27. The van der Waals surface area contributed by atoms with Gasteiger partial charge in [0.2, 0.25) is 0 Å². The van der Waals surface area contributed by atoms with E-state index < -0.39 is 0 Å². The molecule has 0 radical (unpaired) electrons. The molecule has 0 saturated heterocycles. The van der Waals surface area contributed by atoms with Gasteiger partial charge in [-0.05, 0) is 55.0 Å². The Balaban J connectivity index is 2.14. The van der Waals surface area contributed by atoms with E-state index in [4.69, 9.17) is 9.47 Å². The van der Waals surface area contributed by atoms with Crippen molar-refractivity contribution in [3.8, 4) is 5.75 Å². The molecule has 0 heterocycles. The lowest BCUT2D eigenvalue weighted by atomic mass is 9.95. The highest BCUT2D eigenvalue weighted by Gasteiger charge is 2.14. The molecule has 3 rings (SSSR count). The Morgan fingerprint density at radius 3 is 2.48 bits per heavy atom. The molecule has 0 aliphatic rings. The predicted octanol–water partition coefficient (Wildman–Crippen LogP) is 4.92. The van der Waals surface area contributed by atoms with Crippen molar-refractivity contribution in [3.63, 3.8) is 0 Å². The molecule has 3 heteroatoms. The first kappa shape index (κ1) is 17.0. The van der Waals surface area contributed by atoms with Crippen molar-refractivity contribution < 1.29 is 14.3 Å². The first-order valence-electron chi connectivity index (χ1n) is 8.44. The normalized spacial score (nSPS) is 10.7. The van der Waals surface area contributed by atoms with Crippen LogP contribution >= 0.6 is 0 Å². The fourth-order valence-corrected chi connectivity index (χ4v) is 3.05. The second-order valence-electron chi connectivity index (χ2n) is 6.08. The van der Waals surface area contributed by atoms with Crippen molar-refractivity contribution in [1.82, 2.24) is 0 Å². The number of aryl methyl sites for hydroxylation is 1. The smallest absolute Gasteiger partial charge is 0.338 e. The maximum absolute atomic E-state index is 12.2. The summed E-state index contributed by atoms with van der Waals surface area (Å²) in [5.74, 6) is 0.521. The highest BCUT2D eigenvalue weighted by Crippen LogP contribution is 2.32. The molecule has 3 aromatic carbocycles. The Labute approximate surface area is 148 Å². The number of rotatable bonds is 5. The summed E-state index contributed by atoms with van der Waals surface area (Å²) in [6.07, 6.45) is 0.727. The third kappa shape index (κ3) is 3.66. The molecule has 128 valence electrons. The minimum atomic E-state index is -0.294. The van der Waals surface area contributed by atoms with E-state index in [2.05, 4.69) is 31.2 Å². The first-order chi connectivity index (χ1) is 12.1. The van der Waals surface area contributed by atoms with Gasteiger partial charge in [0.15, 0.2) is 0 Å². The van der Waals surface area contributed by atoms with Crippen molar-refractivity contribution in [2.24, 2.45) is 0 Å². The quantitative estimate of drug-likeness (QED) is 0.621. The molecular formula is C22H22O3. The summed E-state index contributed by atoms with van der Waals surface area (Å²) in [4.78, 5) is 12.2. The van der Waals surface area contributed by atoms with Crippen LogP contribution in [0.2, 0.25) is 0 Å². The van der Waals surface area contributed by atoms with Gasteiger partial charge in [-0.25, -0.2) is 4.79 Å². The Bertz CT molecular complexity index is 895. The van der Waals surface area contributed by atoms with E-state index >= 15 is 0 Å². The third-order valence-corrected chi connectivity index (χ3v) is 4.27. The van der Waals surface area contributed by atoms with E-state index in [0.29, 0.717) is 12.2 Å². The molecule has 3 aromatic rings. The second-order valence-corrected chi connectivity index (χ2v) is 6.08. The van der Waals surface area contributed by atoms with E-state index in [1.54, 1.807) is 7.11 Å². The highest BCUT2D eigenvalue weighted by atomic mass is 16.5. The van der Waals surface area contributed by atoms with E-state index in [-0.39, 0.29) is 5.97 Å². The van der Waals surface area contributed by atoms with Gasteiger partial charge >= 0.3 is 5.97 Å². The number of methoxy groups -OCH3 is 1. The van der Waals surface area contributed by atoms with E-state index in [1.165, 1.54) is 11.1 Å². The van der Waals surface area contributed by atoms with Crippen LogP contribution in [0.3, 0.4) is 0 Å². The Hall–Kier alpha value is -2.81. The summed E-state index contributed by atoms with van der Waals surface area (Å²) in [6.45, 7) is 4.25. The van der Waals surface area contributed by atoms with Crippen LogP contribution in [0.25, 0.3) is 10.8 Å². The van der Waals surface area contributed by atoms with Crippen LogP contribution in [0.5, 0.6) is 5.75 Å². The van der Waals surface area contributed by atoms with Gasteiger partial charge in [-0.1, -0.05) is 42.0 Å². The van der Waals surface area contributed by atoms with Crippen LogP contribution in [0, 0.1) is 6.92 Å². The summed E-state index contributed by atoms with van der Waals surface area (Å²) in [7, 11) is 1.67. The number of carbonyl (C=O) groups excluding carboxylic acids is 1. The lowest BCUT2D eigenvalue weighted by molar-refractivity contribution is 0.0526. The van der Waals surface area contributed by atoms with E-state index in [0.717, 1.165) is 28.5 Å². The fraction of sp³-hybridized carbons (Fsp3) is 0.227. The average molecular weight is 334 g/mol. The monoisotopic (exact) mass is 334 g/mol. The first-order valence-corrected chi connectivity index (χ1v) is 8.44. The van der Waals surface area contributed by atoms with Crippen molar-refractivity contribution >= 4 is 16.7 Å². The molecule has 3 nitrogen and oxygen atoms in total. The van der Waals surface area contributed by atoms with Crippen LogP contribution in [-0.4, -0.2) is 19.7 Å². The van der Waals surface area contributed by atoms with Crippen molar-refractivity contribution in [3.05, 3.63) is 76.9 Å². The minimum absolute atomic E-state index is 0.294. The number of fused-ring (bicyclic) bond motifs is 1. The largest absolute Gasteiger partial charge is 0.496 e. The molecule has 0 atom stereocenters. The number of carbonyl (C=O) groups is 1. The number of esters is 1. The van der Waals surface area contributed by atoms with Crippen LogP contribution in [0.4, 0.5) is 0 Å². The molecule has 0 fully saturated rings. The maximum atomic E-state index is 12.2. The maximum Gasteiger partial charge on any atom is 0.338 e. The van der Waals surface area contributed by atoms with E-state index in [9.17, 15) is 4.79 Å². The molecule has 0 saturated carbocycles. The molecule has 0 bridgehead atoms. The number of hydrogen-bond donors (Lipinski definition) is 0. The predicted molar refractivity (Wildman–Crippen MR) is 100 cm³/mol. The highest BCUT2D eigenvalue weighted by molar-refractivity contribution is 5.99. The average Bonchev–Trinajstić information content (AvgIpc) is 2.63. The van der Waals surface area contributed by atoms with Gasteiger partial charge in [0.1, 0.15) is 5.75 Å². The van der Waals surface area contributed by atoms with Gasteiger partial charge < -0.3 is 9.47 Å². The summed E-state index contributed by atoms with van der Waals surface area (Å²) in [6, 6.07) is 18.1. The summed E-state index contributed by atoms with van der Waals surface area (Å²) in [5, 5.41) is 2.02. The molecule has 0 aliphatic heterocycles. The van der Waals surface area contributed by atoms with Gasteiger partial charge in [-0.3, -0.25) is 0 Å². The van der Waals surface area contributed by atoms with Crippen molar-refractivity contribution in [2.75, 3.05) is 13.7 Å². The van der Waals surface area contributed by atoms with Crippen LogP contribution in [0.15, 0.2) is 54.6 Å². The number of hydrogen-bond acceptors (Lipinski definition) is 3. The lowest BCUT2D eigenvalue weighted by Gasteiger charge is -2.13. The minimum Gasteiger partial charge on any atom is -0.496 e. The topological polar surface area (TPSA) is 35.5 Å². The van der Waals surface area contributed by atoms with Gasteiger partial charge in [0.05, 0.1) is 19.3 Å². The van der Waals surface area contributed by atoms with Gasteiger partial charge in [-0.15, -0.1) is 0 Å². The zero-order chi connectivity index (χ0) is 17.8. The molecule has 0 aliphatic carbocycles. The molecule has 0 spiro atoms. The summed E-state index contributed by atoms with van der Waals surface area (Å²) in [5.41, 5.74) is 4.05. The molecule has 0 aromatic heterocycles. The SMILES string of the molecule is CCOC(=O)c1cc(Cc2ccc(C)cc2)c2c(OC)cccc2c1. The van der Waals surface area contributed by atoms with Crippen molar-refractivity contribution in [2.45, 2.75) is 20.3 Å². The molecule has 0 N–H and O–H groups in total. The Morgan fingerprint density at radius 2 is 1.80 bits per heavy atom. The van der Waals surface area contributed by atoms with Crippen LogP contribution in [-0.2, 0) is 11.2 Å². The second kappa shape index (κ2) is 7.39. The van der Waals surface area contributed by atoms with Gasteiger partial charge in [0, 0.05) is 5.39 Å². The Morgan fingerprint density at radius 1 is 1.04 bits per heavy atom. The molecule has 0 unspecified atom stereocenters. The standard InChI is InChI=1S/C22H22O3/c1-4-25-22(23)19-13-17-6-5-7-20(24-3)21(17)18(14-19)12-16-10-8-15(2)9-11-16/h5-11,13-14H,4,12H2,1-3H3. The zero-order valence-corrected chi connectivity index (χ0v) is 14.8. The number of benzene rings is 3. The molecular weight excluding hydrogens is 312 g/mol. The van der Waals surface area contributed by atoms with Crippen LogP contribution < -0.4 is 4.74 Å². The summed E-state index contributed by atoms with van der Waals surface area (Å²) < 4.78 is 10.7. The van der Waals surface area contributed by atoms with Gasteiger partial charge in [0.25, 0.3) is 0 Å². The molecule has 0 amide bonds. The summed E-state index contributed by atoms with van der Waals surface area (Å²) >= 11 is 0. The number of ether oxygens (including phenoxy) is 2.